The van der Waals surface area contributed by atoms with Gasteiger partial charge in [-0.2, -0.15) is 9.30 Å². The maximum absolute atomic E-state index is 12.6. The van der Waals surface area contributed by atoms with Crippen LogP contribution in [0.4, 0.5) is 0 Å². The molecule has 0 saturated carbocycles. The first-order valence-corrected chi connectivity index (χ1v) is 11.0. The summed E-state index contributed by atoms with van der Waals surface area (Å²) in [5.74, 6) is 0.0507. The number of aromatic nitrogens is 1. The number of sulfonamides is 1. The Morgan fingerprint density at radius 1 is 1.36 bits per heavy atom. The number of benzene rings is 1. The minimum atomic E-state index is -3.39. The van der Waals surface area contributed by atoms with Gasteiger partial charge >= 0.3 is 0 Å². The number of amides is 1. The molecule has 1 atom stereocenters. The van der Waals surface area contributed by atoms with Gasteiger partial charge < -0.3 is 4.57 Å². The summed E-state index contributed by atoms with van der Waals surface area (Å²) in [4.78, 5) is 17.4. The second-order valence-electron chi connectivity index (χ2n) is 6.81. The van der Waals surface area contributed by atoms with Gasteiger partial charge in [-0.3, -0.25) is 4.79 Å². The third kappa shape index (κ3) is 3.56. The quantitative estimate of drug-likeness (QED) is 0.818. The van der Waals surface area contributed by atoms with Crippen LogP contribution < -0.4 is 4.80 Å². The number of aryl methyl sites for hydroxylation is 1. The van der Waals surface area contributed by atoms with E-state index in [0.717, 1.165) is 16.5 Å². The van der Waals surface area contributed by atoms with Gasteiger partial charge in [0.2, 0.25) is 10.0 Å². The predicted molar refractivity (Wildman–Crippen MR) is 100 cm³/mol. The molecule has 0 radical (unpaired) electrons. The van der Waals surface area contributed by atoms with Crippen LogP contribution in [0.15, 0.2) is 23.2 Å². The molecule has 1 aromatic carbocycles. The summed E-state index contributed by atoms with van der Waals surface area (Å²) in [6.07, 6.45) is 2.36. The van der Waals surface area contributed by atoms with E-state index in [2.05, 4.69) is 31.0 Å². The molecule has 136 valence electrons. The molecule has 6 nitrogen and oxygen atoms in total. The van der Waals surface area contributed by atoms with Crippen molar-refractivity contribution in [2.45, 2.75) is 38.6 Å². The van der Waals surface area contributed by atoms with E-state index in [9.17, 15) is 13.2 Å². The fourth-order valence-electron chi connectivity index (χ4n) is 3.17. The molecule has 1 fully saturated rings. The standard InChI is InChI=1S/C17H23N3O3S2/c1-11(2)12-7-8-13-15(10-12)24-17(19(13)3)18-16(21)14-6-5-9-20(14)25(4,22)23/h7-8,10-11,14H,5-6,9H2,1-4H3. The summed E-state index contributed by atoms with van der Waals surface area (Å²) in [7, 11) is -1.51. The second-order valence-corrected chi connectivity index (χ2v) is 9.75. The number of hydrogen-bond donors (Lipinski definition) is 0. The monoisotopic (exact) mass is 381 g/mol. The summed E-state index contributed by atoms with van der Waals surface area (Å²) in [6.45, 7) is 4.67. The summed E-state index contributed by atoms with van der Waals surface area (Å²) in [6, 6.07) is 5.59. The van der Waals surface area contributed by atoms with Crippen molar-refractivity contribution >= 4 is 37.5 Å². The van der Waals surface area contributed by atoms with Crippen LogP contribution in [0, 0.1) is 0 Å². The SMILES string of the molecule is CC(C)c1ccc2c(c1)sc(=NC(=O)C1CCCN1S(C)(=O)=O)n2C. The van der Waals surface area contributed by atoms with E-state index >= 15 is 0 Å². The van der Waals surface area contributed by atoms with Gasteiger partial charge in [-0.05, 0) is 36.5 Å². The zero-order valence-corrected chi connectivity index (χ0v) is 16.5. The predicted octanol–water partition coefficient (Wildman–Crippen LogP) is 2.21. The number of rotatable bonds is 3. The Balaban J connectivity index is 2.00. The van der Waals surface area contributed by atoms with E-state index in [1.54, 1.807) is 0 Å². The highest BCUT2D eigenvalue weighted by molar-refractivity contribution is 7.88. The summed E-state index contributed by atoms with van der Waals surface area (Å²) >= 11 is 1.46. The minimum Gasteiger partial charge on any atom is -0.319 e. The number of thiazole rings is 1. The smallest absolute Gasteiger partial charge is 0.266 e. The van der Waals surface area contributed by atoms with Gasteiger partial charge in [0, 0.05) is 13.6 Å². The van der Waals surface area contributed by atoms with E-state index in [1.807, 2.05) is 17.7 Å². The Hall–Kier alpha value is -1.51. The molecule has 0 aliphatic carbocycles. The maximum Gasteiger partial charge on any atom is 0.266 e. The molecule has 2 heterocycles. The van der Waals surface area contributed by atoms with Gasteiger partial charge in [0.05, 0.1) is 16.5 Å². The molecule has 0 bridgehead atoms. The average Bonchev–Trinajstić information content (AvgIpc) is 3.12. The largest absolute Gasteiger partial charge is 0.319 e. The highest BCUT2D eigenvalue weighted by Crippen LogP contribution is 2.24. The van der Waals surface area contributed by atoms with Crippen LogP contribution in [-0.4, -0.2) is 42.0 Å². The second kappa shape index (κ2) is 6.66. The highest BCUT2D eigenvalue weighted by atomic mass is 32.2. The molecule has 3 rings (SSSR count). The summed E-state index contributed by atoms with van der Waals surface area (Å²) < 4.78 is 27.9. The van der Waals surface area contributed by atoms with Crippen LogP contribution in [0.3, 0.4) is 0 Å². The lowest BCUT2D eigenvalue weighted by Gasteiger charge is -2.18. The van der Waals surface area contributed by atoms with Crippen LogP contribution in [0.25, 0.3) is 10.2 Å². The average molecular weight is 382 g/mol. The van der Waals surface area contributed by atoms with Gasteiger partial charge in [-0.15, -0.1) is 0 Å². The third-order valence-electron chi connectivity index (χ3n) is 4.62. The van der Waals surface area contributed by atoms with Crippen molar-refractivity contribution < 1.29 is 13.2 Å². The first kappa shape index (κ1) is 18.3. The van der Waals surface area contributed by atoms with Crippen molar-refractivity contribution in [3.63, 3.8) is 0 Å². The van der Waals surface area contributed by atoms with E-state index in [1.165, 1.54) is 21.2 Å². The molecule has 0 spiro atoms. The number of carbonyl (C=O) groups is 1. The number of nitrogens with zero attached hydrogens (tertiary/aromatic N) is 3. The lowest BCUT2D eigenvalue weighted by atomic mass is 10.0. The number of carbonyl (C=O) groups excluding carboxylic acids is 1. The molecule has 0 N–H and O–H groups in total. The Labute approximate surface area is 151 Å². The topological polar surface area (TPSA) is 71.7 Å². The van der Waals surface area contributed by atoms with E-state index in [4.69, 9.17) is 0 Å². The fourth-order valence-corrected chi connectivity index (χ4v) is 5.36. The Morgan fingerprint density at radius 2 is 2.08 bits per heavy atom. The van der Waals surface area contributed by atoms with Gasteiger partial charge in [0.15, 0.2) is 4.80 Å². The molecular weight excluding hydrogens is 358 g/mol. The molecule has 1 aromatic heterocycles. The van der Waals surface area contributed by atoms with E-state index < -0.39 is 16.1 Å². The molecule has 1 aliphatic rings. The minimum absolute atomic E-state index is 0.380. The Morgan fingerprint density at radius 3 is 2.72 bits per heavy atom. The van der Waals surface area contributed by atoms with Crippen LogP contribution >= 0.6 is 11.3 Å². The zero-order chi connectivity index (χ0) is 18.4. The van der Waals surface area contributed by atoms with Crippen molar-refractivity contribution in [3.05, 3.63) is 28.6 Å². The van der Waals surface area contributed by atoms with Crippen molar-refractivity contribution in [1.82, 2.24) is 8.87 Å². The lowest BCUT2D eigenvalue weighted by Crippen LogP contribution is -2.39. The first-order valence-electron chi connectivity index (χ1n) is 8.33. The van der Waals surface area contributed by atoms with E-state index in [0.29, 0.717) is 30.1 Å². The molecule has 2 aromatic rings. The van der Waals surface area contributed by atoms with Gasteiger partial charge in [0.25, 0.3) is 5.91 Å². The zero-order valence-electron chi connectivity index (χ0n) is 14.9. The van der Waals surface area contributed by atoms with Gasteiger partial charge in [-0.1, -0.05) is 31.3 Å². The van der Waals surface area contributed by atoms with Crippen molar-refractivity contribution in [2.75, 3.05) is 12.8 Å². The molecule has 25 heavy (non-hydrogen) atoms. The number of hydrogen-bond acceptors (Lipinski definition) is 4. The lowest BCUT2D eigenvalue weighted by molar-refractivity contribution is -0.121. The van der Waals surface area contributed by atoms with Crippen LogP contribution in [-0.2, 0) is 21.9 Å². The normalized spacial score (nSPS) is 20.0. The Kier molecular flexibility index (Phi) is 4.87. The van der Waals surface area contributed by atoms with Crippen LogP contribution in [0.2, 0.25) is 0 Å². The van der Waals surface area contributed by atoms with E-state index in [-0.39, 0.29) is 5.91 Å². The highest BCUT2D eigenvalue weighted by Gasteiger charge is 2.36. The molecule has 8 heteroatoms. The van der Waals surface area contributed by atoms with Crippen LogP contribution in [0.1, 0.15) is 38.2 Å². The Bertz CT molecular complexity index is 986. The van der Waals surface area contributed by atoms with Gasteiger partial charge in [-0.25, -0.2) is 8.42 Å². The number of fused-ring (bicyclic) bond motifs is 1. The molecule has 1 unspecified atom stereocenters. The van der Waals surface area contributed by atoms with Crippen molar-refractivity contribution in [3.8, 4) is 0 Å². The molecule has 1 amide bonds. The summed E-state index contributed by atoms with van der Waals surface area (Å²) in [5, 5.41) is 0. The van der Waals surface area contributed by atoms with Crippen molar-refractivity contribution in [2.24, 2.45) is 12.0 Å². The van der Waals surface area contributed by atoms with Crippen LogP contribution in [0.5, 0.6) is 0 Å². The molecule has 1 aliphatic heterocycles. The molecular formula is C17H23N3O3S2. The fraction of sp³-hybridized carbons (Fsp3) is 0.529. The summed E-state index contributed by atoms with van der Waals surface area (Å²) in [5.41, 5.74) is 2.26. The van der Waals surface area contributed by atoms with Gasteiger partial charge in [0.1, 0.15) is 6.04 Å². The van der Waals surface area contributed by atoms with Crippen molar-refractivity contribution in [1.29, 1.82) is 0 Å². The maximum atomic E-state index is 12.6. The molecule has 1 saturated heterocycles. The first-order chi connectivity index (χ1) is 11.7. The third-order valence-corrected chi connectivity index (χ3v) is 7.00.